The van der Waals surface area contributed by atoms with Gasteiger partial charge in [-0.1, -0.05) is 0 Å². The average Bonchev–Trinajstić information content (AvgIpc) is 2.41. The van der Waals surface area contributed by atoms with Crippen molar-refractivity contribution < 1.29 is 39.9 Å². The second-order valence-electron chi connectivity index (χ2n) is 4.18. The monoisotopic (exact) mass is 294 g/mol. The van der Waals surface area contributed by atoms with Crippen molar-refractivity contribution >= 4 is 17.5 Å². The van der Waals surface area contributed by atoms with Crippen LogP contribution in [0.25, 0.3) is 0 Å². The highest BCUT2D eigenvalue weighted by atomic mass is 16.4. The van der Waals surface area contributed by atoms with Crippen molar-refractivity contribution in [3.8, 4) is 0 Å². The van der Waals surface area contributed by atoms with Crippen molar-refractivity contribution in [2.45, 2.75) is 36.9 Å². The number of Topliss-reactive ketones (excluding diaryl/α,β-unsaturated/α-hetero) is 2. The number of aliphatic hydroxyl groups is 5. The molecule has 10 heteroatoms. The number of hydrogen-bond acceptors (Lipinski definition) is 9. The third-order valence-corrected chi connectivity index (χ3v) is 2.52. The Hall–Kier alpha value is -1.43. The molecule has 0 aromatic carbocycles. The van der Waals surface area contributed by atoms with Gasteiger partial charge in [0.1, 0.15) is 24.4 Å². The second-order valence-corrected chi connectivity index (χ2v) is 4.18. The Kier molecular flexibility index (Phi) is 7.42. The number of aliphatic hydroxyl groups excluding tert-OH is 5. The molecule has 0 saturated carbocycles. The highest BCUT2D eigenvalue weighted by Gasteiger charge is 2.38. The Morgan fingerprint density at radius 3 is 1.85 bits per heavy atom. The van der Waals surface area contributed by atoms with Crippen LogP contribution in [0, 0.1) is 0 Å². The zero-order chi connectivity index (χ0) is 16.0. The van der Waals surface area contributed by atoms with E-state index in [9.17, 15) is 29.7 Å². The molecule has 9 N–H and O–H groups in total. The molecule has 10 nitrogen and oxygen atoms in total. The number of ketones is 2. The molecule has 0 aliphatic carbocycles. The van der Waals surface area contributed by atoms with Gasteiger partial charge in [0.15, 0.2) is 0 Å². The summed E-state index contributed by atoms with van der Waals surface area (Å²) >= 11 is 0. The summed E-state index contributed by atoms with van der Waals surface area (Å²) in [6.45, 7) is -0.936. The van der Waals surface area contributed by atoms with Gasteiger partial charge in [0.2, 0.25) is 17.5 Å². The lowest BCUT2D eigenvalue weighted by atomic mass is 9.95. The molecule has 116 valence electrons. The van der Waals surface area contributed by atoms with Gasteiger partial charge in [-0.05, 0) is 0 Å². The van der Waals surface area contributed by atoms with Gasteiger partial charge in [0, 0.05) is 6.42 Å². The SMILES string of the molecule is NC(=O)C[C@H](N)C(=O)C(=O)[C@H](O)[C@@H](O)[C@H](O)[C@H](O)CO. The zero-order valence-electron chi connectivity index (χ0n) is 10.4. The number of amides is 1. The lowest BCUT2D eigenvalue weighted by molar-refractivity contribution is -0.154. The Balaban J connectivity index is 4.76. The molecule has 5 atom stereocenters. The van der Waals surface area contributed by atoms with E-state index in [2.05, 4.69) is 0 Å². The van der Waals surface area contributed by atoms with E-state index in [0.717, 1.165) is 0 Å². The number of nitrogens with two attached hydrogens (primary N) is 2. The number of hydrogen-bond donors (Lipinski definition) is 7. The van der Waals surface area contributed by atoms with Crippen molar-refractivity contribution in [2.75, 3.05) is 6.61 Å². The molecule has 0 fully saturated rings. The summed E-state index contributed by atoms with van der Waals surface area (Å²) in [4.78, 5) is 33.5. The van der Waals surface area contributed by atoms with Crippen molar-refractivity contribution in [3.05, 3.63) is 0 Å². The van der Waals surface area contributed by atoms with Crippen LogP contribution in [-0.4, -0.2) is 80.1 Å². The van der Waals surface area contributed by atoms with Gasteiger partial charge in [0.05, 0.1) is 12.6 Å². The van der Waals surface area contributed by atoms with Gasteiger partial charge >= 0.3 is 0 Å². The first-order valence-electron chi connectivity index (χ1n) is 5.58. The topological polar surface area (TPSA) is 204 Å². The molecule has 0 rings (SSSR count). The molecule has 0 unspecified atom stereocenters. The molecule has 0 spiro atoms. The normalized spacial score (nSPS) is 18.7. The zero-order valence-corrected chi connectivity index (χ0v) is 10.4. The van der Waals surface area contributed by atoms with E-state index in [1.54, 1.807) is 0 Å². The summed E-state index contributed by atoms with van der Waals surface area (Å²) in [7, 11) is 0. The maximum atomic E-state index is 11.5. The van der Waals surface area contributed by atoms with Crippen LogP contribution in [0.5, 0.6) is 0 Å². The highest BCUT2D eigenvalue weighted by Crippen LogP contribution is 2.07. The summed E-state index contributed by atoms with van der Waals surface area (Å²) in [5.74, 6) is -3.85. The second kappa shape index (κ2) is 7.99. The van der Waals surface area contributed by atoms with Gasteiger partial charge in [-0.25, -0.2) is 0 Å². The smallest absolute Gasteiger partial charge is 0.231 e. The molecular formula is C10H18N2O8. The van der Waals surface area contributed by atoms with Crippen LogP contribution in [0.3, 0.4) is 0 Å². The fourth-order valence-electron chi connectivity index (χ4n) is 1.32. The number of carbonyl (C=O) groups excluding carboxylic acids is 3. The van der Waals surface area contributed by atoms with Gasteiger partial charge < -0.3 is 37.0 Å². The van der Waals surface area contributed by atoms with Gasteiger partial charge in [0.25, 0.3) is 0 Å². The van der Waals surface area contributed by atoms with E-state index < -0.39 is 61.0 Å². The van der Waals surface area contributed by atoms with Crippen molar-refractivity contribution in [1.29, 1.82) is 0 Å². The maximum Gasteiger partial charge on any atom is 0.231 e. The van der Waals surface area contributed by atoms with Crippen LogP contribution in [0.1, 0.15) is 6.42 Å². The molecule has 0 aromatic heterocycles. The number of carbonyl (C=O) groups is 3. The molecule has 0 aliphatic rings. The van der Waals surface area contributed by atoms with Gasteiger partial charge in [-0.2, -0.15) is 0 Å². The van der Waals surface area contributed by atoms with Crippen LogP contribution < -0.4 is 11.5 Å². The largest absolute Gasteiger partial charge is 0.394 e. The van der Waals surface area contributed by atoms with E-state index in [-0.39, 0.29) is 0 Å². The van der Waals surface area contributed by atoms with Crippen LogP contribution in [0.4, 0.5) is 0 Å². The molecule has 1 amide bonds. The minimum atomic E-state index is -2.36. The third-order valence-electron chi connectivity index (χ3n) is 2.52. The molecule has 0 aliphatic heterocycles. The van der Waals surface area contributed by atoms with Crippen molar-refractivity contribution in [2.24, 2.45) is 11.5 Å². The van der Waals surface area contributed by atoms with Gasteiger partial charge in [-0.3, -0.25) is 14.4 Å². The van der Waals surface area contributed by atoms with E-state index >= 15 is 0 Å². The number of primary amides is 1. The van der Waals surface area contributed by atoms with Crippen LogP contribution >= 0.6 is 0 Å². The van der Waals surface area contributed by atoms with Crippen molar-refractivity contribution in [3.63, 3.8) is 0 Å². The van der Waals surface area contributed by atoms with E-state index in [1.807, 2.05) is 0 Å². The average molecular weight is 294 g/mol. The first-order valence-corrected chi connectivity index (χ1v) is 5.58. The third kappa shape index (κ3) is 4.92. The van der Waals surface area contributed by atoms with E-state index in [4.69, 9.17) is 21.7 Å². The summed E-state index contributed by atoms with van der Waals surface area (Å²) in [6, 6.07) is -1.58. The molecule has 0 saturated heterocycles. The fourth-order valence-corrected chi connectivity index (χ4v) is 1.32. The standard InChI is InChI=1S/C10H18N2O8/c11-3(1-5(12)15)6(16)8(18)10(20)9(19)7(17)4(14)2-13/h3-4,7,9-10,13-14,17,19-20H,1-2,11H2,(H2,12,15)/t3-,4+,7+,9-,10-/m0/s1. The Morgan fingerprint density at radius 1 is 0.950 bits per heavy atom. The minimum Gasteiger partial charge on any atom is -0.394 e. The lowest BCUT2D eigenvalue weighted by Gasteiger charge is -2.24. The first kappa shape index (κ1) is 18.6. The molecule has 0 heterocycles. The predicted octanol–water partition coefficient (Wildman–Crippen LogP) is -5.24. The summed E-state index contributed by atoms with van der Waals surface area (Å²) < 4.78 is 0. The first-order chi connectivity index (χ1) is 9.13. The van der Waals surface area contributed by atoms with E-state index in [1.165, 1.54) is 0 Å². The van der Waals surface area contributed by atoms with Crippen LogP contribution in [0.2, 0.25) is 0 Å². The van der Waals surface area contributed by atoms with Crippen molar-refractivity contribution in [1.82, 2.24) is 0 Å². The Bertz CT molecular complexity index is 374. The summed E-state index contributed by atoms with van der Waals surface area (Å²) in [6.07, 6.45) is -9.08. The van der Waals surface area contributed by atoms with Gasteiger partial charge in [-0.15, -0.1) is 0 Å². The molecule has 0 aromatic rings. The lowest BCUT2D eigenvalue weighted by Crippen LogP contribution is -2.52. The Labute approximate surface area is 113 Å². The van der Waals surface area contributed by atoms with E-state index in [0.29, 0.717) is 0 Å². The minimum absolute atomic E-state index is 0.630. The maximum absolute atomic E-state index is 11.5. The Morgan fingerprint density at radius 2 is 1.45 bits per heavy atom. The quantitative estimate of drug-likeness (QED) is 0.202. The summed E-state index contributed by atoms with van der Waals surface area (Å²) in [5.41, 5.74) is 9.98. The highest BCUT2D eigenvalue weighted by molar-refractivity contribution is 6.41. The molecule has 20 heavy (non-hydrogen) atoms. The number of rotatable bonds is 9. The fraction of sp³-hybridized carbons (Fsp3) is 0.700. The van der Waals surface area contributed by atoms with Crippen LogP contribution in [0.15, 0.2) is 0 Å². The predicted molar refractivity (Wildman–Crippen MR) is 62.9 cm³/mol. The molecule has 0 bridgehead atoms. The van der Waals surface area contributed by atoms with Crippen LogP contribution in [-0.2, 0) is 14.4 Å². The summed E-state index contributed by atoms with van der Waals surface area (Å²) in [5, 5.41) is 45.7. The molecule has 0 radical (unpaired) electrons. The molecular weight excluding hydrogens is 276 g/mol.